The second-order valence-corrected chi connectivity index (χ2v) is 4.50. The quantitative estimate of drug-likeness (QED) is 0.469. The molecule has 0 saturated heterocycles. The van der Waals surface area contributed by atoms with Gasteiger partial charge >= 0.3 is 0 Å². The number of nitrogens with zero attached hydrogens (tertiary/aromatic N) is 2. The lowest BCUT2D eigenvalue weighted by Gasteiger charge is -2.06. The van der Waals surface area contributed by atoms with Crippen LogP contribution in [0.5, 0.6) is 0 Å². The zero-order valence-corrected chi connectivity index (χ0v) is 10.9. The van der Waals surface area contributed by atoms with Gasteiger partial charge in [0.1, 0.15) is 10.3 Å². The van der Waals surface area contributed by atoms with Gasteiger partial charge in [0.2, 0.25) is 0 Å². The topological polar surface area (TPSA) is 56.0 Å². The molecule has 0 aliphatic heterocycles. The molecule has 0 fully saturated rings. The maximum Gasteiger partial charge on any atom is 0.277 e. The Labute approximate surface area is 113 Å². The van der Waals surface area contributed by atoms with Crippen molar-refractivity contribution in [1.29, 1.82) is 0 Å². The van der Waals surface area contributed by atoms with Crippen LogP contribution >= 0.6 is 23.2 Å². The summed E-state index contributed by atoms with van der Waals surface area (Å²) in [6.45, 7) is 1.85. The van der Waals surface area contributed by atoms with E-state index < -0.39 is 4.92 Å². The fourth-order valence-electron chi connectivity index (χ4n) is 1.64. The van der Waals surface area contributed by atoms with E-state index in [-0.39, 0.29) is 16.0 Å². The first-order valence-electron chi connectivity index (χ1n) is 5.06. The molecule has 0 aliphatic rings. The third-order valence-electron chi connectivity index (χ3n) is 2.45. The Hall–Kier alpha value is -1.65. The van der Waals surface area contributed by atoms with Crippen LogP contribution in [0.4, 0.5) is 5.69 Å². The van der Waals surface area contributed by atoms with Crippen molar-refractivity contribution < 1.29 is 4.92 Å². The molecule has 1 aromatic carbocycles. The highest BCUT2D eigenvalue weighted by Crippen LogP contribution is 2.35. The largest absolute Gasteiger partial charge is 0.277 e. The maximum atomic E-state index is 11.0. The third-order valence-corrected chi connectivity index (χ3v) is 2.95. The van der Waals surface area contributed by atoms with Gasteiger partial charge in [0, 0.05) is 11.6 Å². The molecule has 4 nitrogen and oxygen atoms in total. The second-order valence-electron chi connectivity index (χ2n) is 3.75. The van der Waals surface area contributed by atoms with Gasteiger partial charge in [-0.2, -0.15) is 0 Å². The Morgan fingerprint density at radius 2 is 1.89 bits per heavy atom. The van der Waals surface area contributed by atoms with E-state index in [0.717, 1.165) is 5.56 Å². The molecule has 0 radical (unpaired) electrons. The second kappa shape index (κ2) is 4.92. The lowest BCUT2D eigenvalue weighted by Crippen LogP contribution is -1.94. The van der Waals surface area contributed by atoms with Gasteiger partial charge in [0.15, 0.2) is 0 Å². The van der Waals surface area contributed by atoms with Crippen LogP contribution in [0.1, 0.15) is 5.56 Å². The SMILES string of the molecule is Cc1ccc([N+](=O)[O-])c(-c2ccc(Cl)nc2Cl)c1. The summed E-state index contributed by atoms with van der Waals surface area (Å²) in [7, 11) is 0. The Balaban J connectivity index is 2.69. The zero-order valence-electron chi connectivity index (χ0n) is 9.35. The molecule has 2 aromatic rings. The van der Waals surface area contributed by atoms with E-state index >= 15 is 0 Å². The van der Waals surface area contributed by atoms with Crippen molar-refractivity contribution in [2.24, 2.45) is 0 Å². The molecule has 0 spiro atoms. The van der Waals surface area contributed by atoms with Crippen molar-refractivity contribution in [2.75, 3.05) is 0 Å². The van der Waals surface area contributed by atoms with Gasteiger partial charge in [-0.3, -0.25) is 10.1 Å². The number of aryl methyl sites for hydroxylation is 1. The molecular formula is C12H8Cl2N2O2. The van der Waals surface area contributed by atoms with Crippen molar-refractivity contribution in [3.05, 3.63) is 56.3 Å². The molecule has 1 heterocycles. The molecule has 0 unspecified atom stereocenters. The van der Waals surface area contributed by atoms with Crippen LogP contribution in [0.3, 0.4) is 0 Å². The summed E-state index contributed by atoms with van der Waals surface area (Å²) < 4.78 is 0. The number of nitro groups is 1. The maximum absolute atomic E-state index is 11.0. The fourth-order valence-corrected chi connectivity index (χ4v) is 2.08. The number of pyridine rings is 1. The summed E-state index contributed by atoms with van der Waals surface area (Å²) >= 11 is 11.7. The van der Waals surface area contributed by atoms with Crippen molar-refractivity contribution in [3.8, 4) is 11.1 Å². The van der Waals surface area contributed by atoms with Crippen LogP contribution in [0.15, 0.2) is 30.3 Å². The number of hydrogen-bond donors (Lipinski definition) is 0. The predicted octanol–water partition coefficient (Wildman–Crippen LogP) is 4.27. The molecule has 0 atom stereocenters. The van der Waals surface area contributed by atoms with Crippen LogP contribution in [0.25, 0.3) is 11.1 Å². The van der Waals surface area contributed by atoms with E-state index in [4.69, 9.17) is 23.2 Å². The number of halogens is 2. The van der Waals surface area contributed by atoms with E-state index in [1.165, 1.54) is 6.07 Å². The highest BCUT2D eigenvalue weighted by atomic mass is 35.5. The molecule has 0 bridgehead atoms. The van der Waals surface area contributed by atoms with Gasteiger partial charge in [-0.05, 0) is 25.1 Å². The lowest BCUT2D eigenvalue weighted by atomic mass is 10.0. The minimum absolute atomic E-state index is 0.00776. The van der Waals surface area contributed by atoms with Crippen LogP contribution in [0, 0.1) is 17.0 Å². The highest BCUT2D eigenvalue weighted by Gasteiger charge is 2.18. The average molecular weight is 283 g/mol. The van der Waals surface area contributed by atoms with Gasteiger partial charge in [-0.1, -0.05) is 34.8 Å². The number of aromatic nitrogens is 1. The molecule has 2 rings (SSSR count). The van der Waals surface area contributed by atoms with Crippen molar-refractivity contribution in [1.82, 2.24) is 4.98 Å². The van der Waals surface area contributed by atoms with Gasteiger partial charge in [-0.25, -0.2) is 4.98 Å². The van der Waals surface area contributed by atoms with Crippen LogP contribution < -0.4 is 0 Å². The molecule has 0 N–H and O–H groups in total. The Bertz CT molecular complexity index is 629. The minimum atomic E-state index is -0.445. The summed E-state index contributed by atoms with van der Waals surface area (Å²) in [5, 5.41) is 11.4. The molecule has 92 valence electrons. The first-order chi connectivity index (χ1) is 8.49. The summed E-state index contributed by atoms with van der Waals surface area (Å²) in [4.78, 5) is 14.4. The summed E-state index contributed by atoms with van der Waals surface area (Å²) in [5.74, 6) is 0. The molecule has 0 aliphatic carbocycles. The number of benzene rings is 1. The van der Waals surface area contributed by atoms with Crippen molar-refractivity contribution >= 4 is 28.9 Å². The Morgan fingerprint density at radius 1 is 1.17 bits per heavy atom. The Morgan fingerprint density at radius 3 is 2.50 bits per heavy atom. The molecule has 0 amide bonds. The zero-order chi connectivity index (χ0) is 13.3. The smallest absolute Gasteiger partial charge is 0.258 e. The molecule has 18 heavy (non-hydrogen) atoms. The van der Waals surface area contributed by atoms with Gasteiger partial charge in [0.05, 0.1) is 10.5 Å². The lowest BCUT2D eigenvalue weighted by molar-refractivity contribution is -0.384. The number of hydrogen-bond acceptors (Lipinski definition) is 3. The van der Waals surface area contributed by atoms with Crippen LogP contribution in [-0.4, -0.2) is 9.91 Å². The normalized spacial score (nSPS) is 10.4. The number of nitro benzene ring substituents is 1. The minimum Gasteiger partial charge on any atom is -0.258 e. The van der Waals surface area contributed by atoms with Crippen LogP contribution in [0.2, 0.25) is 10.3 Å². The average Bonchev–Trinajstić information content (AvgIpc) is 2.28. The Kier molecular flexibility index (Phi) is 3.50. The molecule has 6 heteroatoms. The highest BCUT2D eigenvalue weighted by molar-refractivity contribution is 6.34. The summed E-state index contributed by atoms with van der Waals surface area (Å²) in [5.41, 5.74) is 1.83. The fraction of sp³-hybridized carbons (Fsp3) is 0.0833. The van der Waals surface area contributed by atoms with E-state index in [2.05, 4.69) is 4.98 Å². The van der Waals surface area contributed by atoms with E-state index in [1.54, 1.807) is 24.3 Å². The van der Waals surface area contributed by atoms with Gasteiger partial charge in [0.25, 0.3) is 5.69 Å². The summed E-state index contributed by atoms with van der Waals surface area (Å²) in [6.07, 6.45) is 0. The van der Waals surface area contributed by atoms with E-state index in [9.17, 15) is 10.1 Å². The molecular weight excluding hydrogens is 275 g/mol. The first-order valence-corrected chi connectivity index (χ1v) is 5.82. The molecule has 0 saturated carbocycles. The monoisotopic (exact) mass is 282 g/mol. The first kappa shape index (κ1) is 12.8. The predicted molar refractivity (Wildman–Crippen MR) is 71.1 cm³/mol. The third kappa shape index (κ3) is 2.44. The standard InChI is InChI=1S/C12H8Cl2N2O2/c1-7-2-4-10(16(17)18)9(6-7)8-3-5-11(13)15-12(8)14/h2-6H,1H3. The van der Waals surface area contributed by atoms with E-state index in [0.29, 0.717) is 11.1 Å². The van der Waals surface area contributed by atoms with Crippen molar-refractivity contribution in [2.45, 2.75) is 6.92 Å². The summed E-state index contributed by atoms with van der Waals surface area (Å²) in [6, 6.07) is 8.01. The van der Waals surface area contributed by atoms with Crippen molar-refractivity contribution in [3.63, 3.8) is 0 Å². The molecule has 1 aromatic heterocycles. The van der Waals surface area contributed by atoms with Gasteiger partial charge in [-0.15, -0.1) is 0 Å². The van der Waals surface area contributed by atoms with Gasteiger partial charge < -0.3 is 0 Å². The number of rotatable bonds is 2. The van der Waals surface area contributed by atoms with Crippen LogP contribution in [-0.2, 0) is 0 Å². The van der Waals surface area contributed by atoms with E-state index in [1.807, 2.05) is 6.92 Å².